The molecule has 112 valence electrons. The van der Waals surface area contributed by atoms with E-state index >= 15 is 0 Å². The van der Waals surface area contributed by atoms with E-state index in [0.717, 1.165) is 24.2 Å². The second kappa shape index (κ2) is 4.72. The summed E-state index contributed by atoms with van der Waals surface area (Å²) in [7, 11) is 0. The van der Waals surface area contributed by atoms with Crippen LogP contribution >= 0.6 is 0 Å². The van der Waals surface area contributed by atoms with Crippen LogP contribution in [0.2, 0.25) is 0 Å². The summed E-state index contributed by atoms with van der Waals surface area (Å²) in [5.41, 5.74) is 2.13. The number of rotatable bonds is 3. The summed E-state index contributed by atoms with van der Waals surface area (Å²) in [5.74, 6) is 1.27. The molecule has 3 rings (SSSR count). The van der Waals surface area contributed by atoms with Crippen molar-refractivity contribution < 1.29 is 9.53 Å². The summed E-state index contributed by atoms with van der Waals surface area (Å²) in [4.78, 5) is 12.9. The lowest BCUT2D eigenvalue weighted by Crippen LogP contribution is -2.44. The van der Waals surface area contributed by atoms with Crippen LogP contribution in [-0.4, -0.2) is 12.4 Å². The van der Waals surface area contributed by atoms with Crippen molar-refractivity contribution in [2.75, 3.05) is 6.61 Å². The van der Waals surface area contributed by atoms with Crippen LogP contribution in [0.3, 0.4) is 0 Å². The predicted octanol–water partition coefficient (Wildman–Crippen LogP) is 4.53. The van der Waals surface area contributed by atoms with Crippen molar-refractivity contribution in [1.82, 2.24) is 0 Å². The summed E-state index contributed by atoms with van der Waals surface area (Å²) in [6, 6.07) is 5.95. The summed E-state index contributed by atoms with van der Waals surface area (Å²) in [6.07, 6.45) is 5.15. The van der Waals surface area contributed by atoms with E-state index in [-0.39, 0.29) is 16.7 Å². The highest BCUT2D eigenvalue weighted by Gasteiger charge is 2.56. The zero-order valence-electron chi connectivity index (χ0n) is 13.2. The van der Waals surface area contributed by atoms with Crippen molar-refractivity contribution in [1.29, 1.82) is 0 Å². The summed E-state index contributed by atoms with van der Waals surface area (Å²) in [6.45, 7) is 10.9. The number of hydrogen-bond donors (Lipinski definition) is 0. The minimum atomic E-state index is -0.0400. The predicted molar refractivity (Wildman–Crippen MR) is 84.9 cm³/mol. The lowest BCUT2D eigenvalue weighted by atomic mass is 9.56. The lowest BCUT2D eigenvalue weighted by molar-refractivity contribution is 0.0500. The molecule has 0 N–H and O–H groups in total. The van der Waals surface area contributed by atoms with Crippen LogP contribution in [0.1, 0.15) is 56.0 Å². The quantitative estimate of drug-likeness (QED) is 0.762. The number of ketones is 1. The molecule has 2 heteroatoms. The molecule has 0 unspecified atom stereocenters. The van der Waals surface area contributed by atoms with Gasteiger partial charge in [0.25, 0.3) is 0 Å². The smallest absolute Gasteiger partial charge is 0.167 e. The average Bonchev–Trinajstić information content (AvgIpc) is 2.65. The van der Waals surface area contributed by atoms with E-state index in [2.05, 4.69) is 33.4 Å². The highest BCUT2D eigenvalue weighted by atomic mass is 16.5. The van der Waals surface area contributed by atoms with Crippen LogP contribution in [0.15, 0.2) is 30.9 Å². The van der Waals surface area contributed by atoms with E-state index in [1.807, 2.05) is 12.1 Å². The highest BCUT2D eigenvalue weighted by molar-refractivity contribution is 6.04. The molecule has 2 aliphatic rings. The van der Waals surface area contributed by atoms with Gasteiger partial charge in [0, 0.05) is 16.9 Å². The second-order valence-electron chi connectivity index (χ2n) is 7.36. The number of carbonyl (C=O) groups excluding carboxylic acids is 1. The average molecular weight is 284 g/mol. The first-order chi connectivity index (χ1) is 9.90. The lowest BCUT2D eigenvalue weighted by Gasteiger charge is -2.46. The first-order valence-corrected chi connectivity index (χ1v) is 7.82. The number of hydrogen-bond acceptors (Lipinski definition) is 2. The fourth-order valence-electron chi connectivity index (χ4n) is 4.61. The topological polar surface area (TPSA) is 26.3 Å². The Morgan fingerprint density at radius 1 is 1.33 bits per heavy atom. The van der Waals surface area contributed by atoms with Crippen molar-refractivity contribution in [3.8, 4) is 5.75 Å². The van der Waals surface area contributed by atoms with Gasteiger partial charge in [0.05, 0.1) is 0 Å². The zero-order valence-corrected chi connectivity index (χ0v) is 13.2. The van der Waals surface area contributed by atoms with Crippen molar-refractivity contribution in [2.45, 2.75) is 45.4 Å². The Morgan fingerprint density at radius 3 is 2.81 bits per heavy atom. The maximum Gasteiger partial charge on any atom is 0.167 e. The maximum absolute atomic E-state index is 12.9. The Kier molecular flexibility index (Phi) is 3.23. The van der Waals surface area contributed by atoms with Gasteiger partial charge in [-0.15, -0.1) is 0 Å². The molecule has 21 heavy (non-hydrogen) atoms. The molecule has 0 aliphatic heterocycles. The molecule has 1 fully saturated rings. The molecule has 1 aromatic rings. The Labute approximate surface area is 127 Å². The van der Waals surface area contributed by atoms with E-state index in [1.165, 1.54) is 12.0 Å². The van der Waals surface area contributed by atoms with Crippen molar-refractivity contribution in [2.24, 2.45) is 11.3 Å². The Morgan fingerprint density at radius 2 is 2.10 bits per heavy atom. The number of fused-ring (bicyclic) bond motifs is 3. The number of carbonyl (C=O) groups is 1. The van der Waals surface area contributed by atoms with Gasteiger partial charge in [0.1, 0.15) is 12.4 Å². The number of benzene rings is 1. The van der Waals surface area contributed by atoms with Crippen molar-refractivity contribution >= 4 is 5.78 Å². The molecule has 0 radical (unpaired) electrons. The Hall–Kier alpha value is -1.57. The Bertz CT molecular complexity index is 600. The van der Waals surface area contributed by atoms with E-state index in [1.54, 1.807) is 6.08 Å². The first kappa shape index (κ1) is 14.4. The van der Waals surface area contributed by atoms with Gasteiger partial charge < -0.3 is 4.74 Å². The van der Waals surface area contributed by atoms with Gasteiger partial charge in [0.2, 0.25) is 0 Å². The molecule has 2 nitrogen and oxygen atoms in total. The molecular weight excluding hydrogens is 260 g/mol. The molecule has 0 bridgehead atoms. The van der Waals surface area contributed by atoms with E-state index in [9.17, 15) is 4.79 Å². The van der Waals surface area contributed by atoms with E-state index in [4.69, 9.17) is 4.74 Å². The van der Waals surface area contributed by atoms with Gasteiger partial charge in [-0.1, -0.05) is 39.8 Å². The molecule has 1 aromatic carbocycles. The van der Waals surface area contributed by atoms with Gasteiger partial charge in [0.15, 0.2) is 5.78 Å². The number of ether oxygens (including phenoxy) is 1. The van der Waals surface area contributed by atoms with Gasteiger partial charge in [-0.25, -0.2) is 0 Å². The maximum atomic E-state index is 12.9. The summed E-state index contributed by atoms with van der Waals surface area (Å²) >= 11 is 0. The largest absolute Gasteiger partial charge is 0.490 e. The molecular formula is C19H24O2. The van der Waals surface area contributed by atoms with Crippen molar-refractivity contribution in [3.05, 3.63) is 42.0 Å². The molecule has 0 saturated heterocycles. The van der Waals surface area contributed by atoms with Crippen LogP contribution in [0.5, 0.6) is 5.75 Å². The highest BCUT2D eigenvalue weighted by Crippen LogP contribution is 2.58. The van der Waals surface area contributed by atoms with Gasteiger partial charge in [-0.3, -0.25) is 4.79 Å². The molecule has 0 amide bonds. The third-order valence-corrected chi connectivity index (χ3v) is 5.44. The minimum Gasteiger partial charge on any atom is -0.490 e. The normalized spacial score (nSPS) is 29.7. The fraction of sp³-hybridized carbons (Fsp3) is 0.526. The van der Waals surface area contributed by atoms with Crippen LogP contribution in [-0.2, 0) is 5.41 Å². The molecule has 0 aromatic heterocycles. The fourth-order valence-corrected chi connectivity index (χ4v) is 4.61. The Balaban J connectivity index is 2.07. The number of Topliss-reactive ketones (excluding diaryl/α,β-unsaturated/α-hetero) is 1. The van der Waals surface area contributed by atoms with E-state index < -0.39 is 0 Å². The van der Waals surface area contributed by atoms with Gasteiger partial charge in [-0.05, 0) is 42.0 Å². The van der Waals surface area contributed by atoms with Crippen LogP contribution in [0, 0.1) is 11.3 Å². The minimum absolute atomic E-state index is 0.0400. The monoisotopic (exact) mass is 284 g/mol. The third kappa shape index (κ3) is 2.04. The van der Waals surface area contributed by atoms with Gasteiger partial charge in [-0.2, -0.15) is 0 Å². The summed E-state index contributed by atoms with van der Waals surface area (Å²) < 4.78 is 5.66. The van der Waals surface area contributed by atoms with E-state index in [0.29, 0.717) is 12.4 Å². The molecule has 2 aliphatic carbocycles. The van der Waals surface area contributed by atoms with Gasteiger partial charge >= 0.3 is 0 Å². The van der Waals surface area contributed by atoms with Crippen LogP contribution in [0.25, 0.3) is 0 Å². The summed E-state index contributed by atoms with van der Waals surface area (Å²) in [5, 5.41) is 0. The van der Waals surface area contributed by atoms with Crippen LogP contribution in [0.4, 0.5) is 0 Å². The van der Waals surface area contributed by atoms with Crippen molar-refractivity contribution in [3.63, 3.8) is 0 Å². The molecule has 2 atom stereocenters. The zero-order chi connectivity index (χ0) is 15.3. The molecule has 1 saturated carbocycles. The standard InChI is InChI=1S/C19H24O2/c1-5-11-21-13-7-8-14-15(12-13)19(4)10-6-9-18(2,3)17(19)16(14)20/h5,7-8,12,17H,1,6,9-11H2,2-4H3/t17-,19-/m0/s1. The molecule has 0 heterocycles. The second-order valence-corrected chi connectivity index (χ2v) is 7.36. The first-order valence-electron chi connectivity index (χ1n) is 7.82. The SMILES string of the molecule is C=CCOc1ccc2c(c1)[C@]1(C)CCCC(C)(C)[C@@H]1C2=O. The third-order valence-electron chi connectivity index (χ3n) is 5.44. The van der Waals surface area contributed by atoms with Crippen LogP contribution < -0.4 is 4.74 Å². The molecule has 0 spiro atoms.